The van der Waals surface area contributed by atoms with Gasteiger partial charge in [-0.1, -0.05) is 35.9 Å². The van der Waals surface area contributed by atoms with E-state index >= 15 is 0 Å². The summed E-state index contributed by atoms with van der Waals surface area (Å²) in [5, 5.41) is 9.12. The highest BCUT2D eigenvalue weighted by atomic mass is 35.5. The van der Waals surface area contributed by atoms with Crippen molar-refractivity contribution in [1.29, 1.82) is 5.41 Å². The molecule has 1 saturated heterocycles. The Balaban J connectivity index is 0.00000112. The van der Waals surface area contributed by atoms with Gasteiger partial charge in [0, 0.05) is 6.54 Å². The van der Waals surface area contributed by atoms with Crippen LogP contribution in [0.5, 0.6) is 0 Å². The molecule has 0 radical (unpaired) electrons. The van der Waals surface area contributed by atoms with Gasteiger partial charge in [0.15, 0.2) is 0 Å². The maximum atomic E-state index is 7.24. The summed E-state index contributed by atoms with van der Waals surface area (Å²) in [6, 6.07) is 10.3. The van der Waals surface area contributed by atoms with Gasteiger partial charge in [-0.25, -0.2) is 5.01 Å². The first-order valence-electron chi connectivity index (χ1n) is 4.63. The molecule has 1 aromatic rings. The molecular formula is C10H14ClN3O. The number of nitrogens with zero attached hydrogens (tertiary/aromatic N) is 1. The minimum atomic E-state index is 0. The summed E-state index contributed by atoms with van der Waals surface area (Å²) in [5.41, 5.74) is 3.98. The minimum Gasteiger partial charge on any atom is -0.377 e. The van der Waals surface area contributed by atoms with Gasteiger partial charge in [0.25, 0.3) is 0 Å². The predicted octanol–water partition coefficient (Wildman–Crippen LogP) is 1.38. The van der Waals surface area contributed by atoms with Crippen LogP contribution in [0.3, 0.4) is 0 Å². The van der Waals surface area contributed by atoms with E-state index < -0.39 is 0 Å². The maximum absolute atomic E-state index is 7.24. The molecule has 82 valence electrons. The molecule has 0 bridgehead atoms. The lowest BCUT2D eigenvalue weighted by atomic mass is 10.1. The van der Waals surface area contributed by atoms with Gasteiger partial charge in [-0.05, 0) is 12.0 Å². The molecule has 0 spiro atoms. The van der Waals surface area contributed by atoms with Crippen LogP contribution in [0.4, 0.5) is 0 Å². The molecule has 1 aromatic carbocycles. The van der Waals surface area contributed by atoms with Crippen LogP contribution in [0.15, 0.2) is 30.3 Å². The van der Waals surface area contributed by atoms with Crippen LogP contribution < -0.4 is 5.59 Å². The first-order valence-corrected chi connectivity index (χ1v) is 4.63. The van der Waals surface area contributed by atoms with Gasteiger partial charge in [-0.15, -0.1) is 12.4 Å². The van der Waals surface area contributed by atoms with Gasteiger partial charge in [0.1, 0.15) is 0 Å². The summed E-state index contributed by atoms with van der Waals surface area (Å²) >= 11 is 0. The zero-order valence-electron chi connectivity index (χ0n) is 8.27. The average molecular weight is 228 g/mol. The maximum Gasteiger partial charge on any atom is 0.224 e. The zero-order chi connectivity index (χ0) is 9.80. The second-order valence-corrected chi connectivity index (χ2v) is 3.27. The van der Waals surface area contributed by atoms with Crippen LogP contribution in [0, 0.1) is 5.41 Å². The van der Waals surface area contributed by atoms with Crippen LogP contribution in [0.2, 0.25) is 0 Å². The summed E-state index contributed by atoms with van der Waals surface area (Å²) in [5.74, 6) is 0.276. The van der Waals surface area contributed by atoms with Crippen LogP contribution in [0.1, 0.15) is 5.56 Å². The van der Waals surface area contributed by atoms with Crippen molar-refractivity contribution in [3.8, 4) is 0 Å². The lowest BCUT2D eigenvalue weighted by Crippen LogP contribution is -2.32. The van der Waals surface area contributed by atoms with Crippen LogP contribution in [0.25, 0.3) is 0 Å². The fourth-order valence-corrected chi connectivity index (χ4v) is 1.39. The molecule has 5 heteroatoms. The molecule has 1 aliphatic heterocycles. The molecule has 0 aliphatic carbocycles. The predicted molar refractivity (Wildman–Crippen MR) is 60.9 cm³/mol. The van der Waals surface area contributed by atoms with E-state index in [4.69, 9.17) is 10.2 Å². The molecule has 0 aromatic heterocycles. The van der Waals surface area contributed by atoms with Gasteiger partial charge in [-0.3, -0.25) is 5.41 Å². The normalized spacial score (nSPS) is 15.9. The quantitative estimate of drug-likeness (QED) is 0.820. The number of halogens is 1. The number of benzene rings is 1. The van der Waals surface area contributed by atoms with Crippen molar-refractivity contribution in [3.05, 3.63) is 35.9 Å². The molecule has 15 heavy (non-hydrogen) atoms. The van der Waals surface area contributed by atoms with E-state index in [-0.39, 0.29) is 18.3 Å². The lowest BCUT2D eigenvalue weighted by molar-refractivity contribution is 0.0560. The van der Waals surface area contributed by atoms with E-state index in [0.29, 0.717) is 6.54 Å². The minimum absolute atomic E-state index is 0. The Morgan fingerprint density at radius 3 is 2.67 bits per heavy atom. The van der Waals surface area contributed by atoms with Gasteiger partial charge in [-0.2, -0.15) is 0 Å². The highest BCUT2D eigenvalue weighted by Crippen LogP contribution is 2.02. The summed E-state index contributed by atoms with van der Waals surface area (Å²) in [4.78, 5) is 4.81. The van der Waals surface area contributed by atoms with Crippen molar-refractivity contribution in [2.45, 2.75) is 6.42 Å². The lowest BCUT2D eigenvalue weighted by Gasteiger charge is -2.10. The third kappa shape index (κ3) is 3.51. The standard InChI is InChI=1S/C10H13N3O.ClH/c11-10-8-13(12-14-10)7-6-9-4-2-1-3-5-9;/h1-5,11-12H,6-8H2;1H. The van der Waals surface area contributed by atoms with E-state index in [1.54, 1.807) is 0 Å². The SMILES string of the molecule is Cl.N=C1CN(CCc2ccccc2)NO1. The highest BCUT2D eigenvalue weighted by molar-refractivity contribution is 5.85. The molecule has 0 atom stereocenters. The first kappa shape index (κ1) is 12.0. The average Bonchev–Trinajstić information content (AvgIpc) is 2.63. The Kier molecular flexibility index (Phi) is 4.55. The van der Waals surface area contributed by atoms with E-state index in [1.807, 2.05) is 23.2 Å². The van der Waals surface area contributed by atoms with Crippen molar-refractivity contribution in [2.75, 3.05) is 13.1 Å². The number of hydrogen-bond donors (Lipinski definition) is 2. The summed E-state index contributed by atoms with van der Waals surface area (Å²) in [6.07, 6.45) is 0.963. The molecule has 0 saturated carbocycles. The zero-order valence-corrected chi connectivity index (χ0v) is 9.09. The molecule has 1 fully saturated rings. The Morgan fingerprint density at radius 1 is 1.33 bits per heavy atom. The van der Waals surface area contributed by atoms with Gasteiger partial charge >= 0.3 is 0 Å². The third-order valence-electron chi connectivity index (χ3n) is 2.15. The number of hydrogen-bond acceptors (Lipinski definition) is 4. The Bertz CT molecular complexity index is 318. The number of hydrazine groups is 1. The van der Waals surface area contributed by atoms with Crippen molar-refractivity contribution in [1.82, 2.24) is 10.6 Å². The summed E-state index contributed by atoms with van der Waals surface area (Å²) in [7, 11) is 0. The topological polar surface area (TPSA) is 48.4 Å². The Labute approximate surface area is 95.1 Å². The van der Waals surface area contributed by atoms with E-state index in [0.717, 1.165) is 13.0 Å². The largest absolute Gasteiger partial charge is 0.377 e. The molecule has 2 N–H and O–H groups in total. The third-order valence-corrected chi connectivity index (χ3v) is 2.15. The molecule has 1 aliphatic rings. The first-order chi connectivity index (χ1) is 6.84. The second-order valence-electron chi connectivity index (χ2n) is 3.27. The van der Waals surface area contributed by atoms with Gasteiger partial charge in [0.05, 0.1) is 6.54 Å². The molecule has 0 amide bonds. The molecule has 0 unspecified atom stereocenters. The van der Waals surface area contributed by atoms with Crippen molar-refractivity contribution in [3.63, 3.8) is 0 Å². The Hall–Kier alpha value is -1.10. The van der Waals surface area contributed by atoms with Gasteiger partial charge in [0.2, 0.25) is 5.90 Å². The molecular weight excluding hydrogens is 214 g/mol. The van der Waals surface area contributed by atoms with E-state index in [1.165, 1.54) is 5.56 Å². The van der Waals surface area contributed by atoms with Crippen molar-refractivity contribution in [2.24, 2.45) is 0 Å². The molecule has 4 nitrogen and oxygen atoms in total. The van der Waals surface area contributed by atoms with Crippen molar-refractivity contribution < 1.29 is 4.84 Å². The van der Waals surface area contributed by atoms with Crippen LogP contribution in [-0.2, 0) is 11.3 Å². The Morgan fingerprint density at radius 2 is 2.07 bits per heavy atom. The molecule has 2 rings (SSSR count). The van der Waals surface area contributed by atoms with Crippen LogP contribution >= 0.6 is 12.4 Å². The van der Waals surface area contributed by atoms with Crippen LogP contribution in [-0.4, -0.2) is 24.0 Å². The summed E-state index contributed by atoms with van der Waals surface area (Å²) < 4.78 is 0. The van der Waals surface area contributed by atoms with E-state index in [9.17, 15) is 0 Å². The number of rotatable bonds is 3. The smallest absolute Gasteiger partial charge is 0.224 e. The highest BCUT2D eigenvalue weighted by Gasteiger charge is 2.16. The second kappa shape index (κ2) is 5.70. The summed E-state index contributed by atoms with van der Waals surface area (Å²) in [6.45, 7) is 1.40. The van der Waals surface area contributed by atoms with Gasteiger partial charge < -0.3 is 4.84 Å². The van der Waals surface area contributed by atoms with E-state index in [2.05, 4.69) is 17.7 Å². The molecule has 1 heterocycles. The fourth-order valence-electron chi connectivity index (χ4n) is 1.39. The monoisotopic (exact) mass is 227 g/mol. The number of nitrogens with one attached hydrogen (secondary N) is 2. The fraction of sp³-hybridized carbons (Fsp3) is 0.300. The van der Waals surface area contributed by atoms with Crippen molar-refractivity contribution >= 4 is 18.3 Å².